The van der Waals surface area contributed by atoms with Gasteiger partial charge in [0.1, 0.15) is 25.4 Å². The molecule has 3 heteroatoms. The number of hydrogen-bond acceptors (Lipinski definition) is 2. The molecule has 0 saturated heterocycles. The van der Waals surface area contributed by atoms with E-state index in [4.69, 9.17) is 9.47 Å². The fraction of sp³-hybridized carbons (Fsp3) is 0.538. The second-order valence-corrected chi connectivity index (χ2v) is 10.2. The maximum absolute atomic E-state index is 5.86. The first kappa shape index (κ1) is 23.4. The molecule has 0 aliphatic rings. The minimum absolute atomic E-state index is 0.111. The smallest absolute Gasteiger partial charge is 0.119 e. The van der Waals surface area contributed by atoms with Gasteiger partial charge in [-0.2, -0.15) is 0 Å². The number of likely N-dealkylation sites (N-methyl/N-ethyl adjacent to an activating group) is 1. The lowest BCUT2D eigenvalue weighted by molar-refractivity contribution is -0.904. The van der Waals surface area contributed by atoms with Crippen LogP contribution < -0.4 is 4.74 Å². The predicted molar refractivity (Wildman–Crippen MR) is 122 cm³/mol. The van der Waals surface area contributed by atoms with Crippen molar-refractivity contribution < 1.29 is 14.0 Å². The molecule has 160 valence electrons. The zero-order valence-electron chi connectivity index (χ0n) is 19.5. The van der Waals surface area contributed by atoms with Crippen molar-refractivity contribution in [2.75, 3.05) is 40.5 Å². The maximum atomic E-state index is 5.86. The molecule has 2 aromatic carbocycles. The molecule has 29 heavy (non-hydrogen) atoms. The van der Waals surface area contributed by atoms with E-state index < -0.39 is 0 Å². The van der Waals surface area contributed by atoms with E-state index in [2.05, 4.69) is 103 Å². The van der Waals surface area contributed by atoms with E-state index in [1.807, 2.05) is 0 Å². The van der Waals surface area contributed by atoms with Crippen LogP contribution in [0.25, 0.3) is 0 Å². The first-order valence-corrected chi connectivity index (χ1v) is 10.7. The highest BCUT2D eigenvalue weighted by molar-refractivity contribution is 5.32. The molecule has 0 amide bonds. The summed E-state index contributed by atoms with van der Waals surface area (Å²) in [6.45, 7) is 15.4. The van der Waals surface area contributed by atoms with Gasteiger partial charge in [0, 0.05) is 5.56 Å². The normalized spacial score (nSPS) is 12.8. The Morgan fingerprint density at radius 3 is 1.97 bits per heavy atom. The Morgan fingerprint density at radius 2 is 1.38 bits per heavy atom. The first-order valence-electron chi connectivity index (χ1n) is 10.7. The van der Waals surface area contributed by atoms with E-state index in [-0.39, 0.29) is 10.8 Å². The van der Waals surface area contributed by atoms with E-state index in [9.17, 15) is 0 Å². The van der Waals surface area contributed by atoms with Gasteiger partial charge in [-0.1, -0.05) is 77.1 Å². The lowest BCUT2D eigenvalue weighted by Crippen LogP contribution is -2.41. The Hall–Kier alpha value is -1.84. The Morgan fingerprint density at radius 1 is 0.759 bits per heavy atom. The zero-order valence-corrected chi connectivity index (χ0v) is 19.5. The molecule has 0 saturated carbocycles. The van der Waals surface area contributed by atoms with Crippen molar-refractivity contribution in [2.45, 2.75) is 46.6 Å². The lowest BCUT2D eigenvalue weighted by Gasteiger charge is -2.39. The summed E-state index contributed by atoms with van der Waals surface area (Å²) in [6, 6.07) is 19.1. The summed E-state index contributed by atoms with van der Waals surface area (Å²) in [6.07, 6.45) is 0. The minimum atomic E-state index is 0.111. The van der Waals surface area contributed by atoms with Gasteiger partial charge in [0.05, 0.1) is 27.3 Å². The molecule has 3 nitrogen and oxygen atoms in total. The third kappa shape index (κ3) is 7.17. The van der Waals surface area contributed by atoms with E-state index in [0.717, 1.165) is 29.9 Å². The molecule has 0 spiro atoms. The van der Waals surface area contributed by atoms with Crippen LogP contribution in [0, 0.1) is 5.41 Å². The summed E-state index contributed by atoms with van der Waals surface area (Å²) in [5.74, 6) is 0.905. The number of benzene rings is 2. The number of rotatable bonds is 10. The van der Waals surface area contributed by atoms with Crippen LogP contribution in [-0.4, -0.2) is 44.9 Å². The van der Waals surface area contributed by atoms with Gasteiger partial charge in [0.15, 0.2) is 0 Å². The van der Waals surface area contributed by atoms with Crippen molar-refractivity contribution in [2.24, 2.45) is 5.41 Å². The second kappa shape index (κ2) is 9.77. The monoisotopic (exact) mass is 398 g/mol. The van der Waals surface area contributed by atoms with Crippen molar-refractivity contribution in [1.29, 1.82) is 0 Å². The topological polar surface area (TPSA) is 18.5 Å². The first-order chi connectivity index (χ1) is 13.5. The molecule has 0 aliphatic carbocycles. The number of nitrogens with zero attached hydrogens (tertiary/aromatic N) is 1. The Balaban J connectivity index is 1.69. The van der Waals surface area contributed by atoms with Crippen LogP contribution in [0.5, 0.6) is 5.75 Å². The van der Waals surface area contributed by atoms with Crippen molar-refractivity contribution in [1.82, 2.24) is 0 Å². The molecule has 0 bridgehead atoms. The van der Waals surface area contributed by atoms with E-state index in [1.54, 1.807) is 0 Å². The van der Waals surface area contributed by atoms with Crippen molar-refractivity contribution in [3.63, 3.8) is 0 Å². The van der Waals surface area contributed by atoms with E-state index in [0.29, 0.717) is 13.2 Å². The van der Waals surface area contributed by atoms with Gasteiger partial charge in [0.25, 0.3) is 0 Å². The zero-order chi connectivity index (χ0) is 21.5. The molecule has 0 N–H and O–H groups in total. The summed E-state index contributed by atoms with van der Waals surface area (Å²) in [5, 5.41) is 0. The largest absolute Gasteiger partial charge is 0.491 e. The molecular formula is C26H40NO2+. The third-order valence-corrected chi connectivity index (χ3v) is 6.24. The quantitative estimate of drug-likeness (QED) is 0.378. The van der Waals surface area contributed by atoms with E-state index in [1.165, 1.54) is 11.1 Å². The number of hydrogen-bond donors (Lipinski definition) is 0. The van der Waals surface area contributed by atoms with Crippen molar-refractivity contribution >= 4 is 0 Å². The average molecular weight is 399 g/mol. The highest BCUT2D eigenvalue weighted by Crippen LogP contribution is 2.41. The molecule has 2 rings (SSSR count). The SMILES string of the molecule is CC(C)(C)C(C)(C)c1ccc(OCCOCC[N+](C)(C)Cc2ccccc2)cc1. The maximum Gasteiger partial charge on any atom is 0.119 e. The highest BCUT2D eigenvalue weighted by atomic mass is 16.5. The number of quaternary nitrogens is 1. The Kier molecular flexibility index (Phi) is 7.90. The molecule has 0 fully saturated rings. The molecule has 0 atom stereocenters. The van der Waals surface area contributed by atoms with Gasteiger partial charge in [0.2, 0.25) is 0 Å². The number of ether oxygens (including phenoxy) is 2. The minimum Gasteiger partial charge on any atom is -0.491 e. The standard InChI is InChI=1S/C26H40NO2/c1-25(2,3)26(4,5)23-13-15-24(16-14-23)29-20-19-28-18-17-27(6,7)21-22-11-9-8-10-12-22/h8-16H,17-21H2,1-7H3/q+1. The summed E-state index contributed by atoms with van der Waals surface area (Å²) in [4.78, 5) is 0. The lowest BCUT2D eigenvalue weighted by atomic mass is 9.65. The van der Waals surface area contributed by atoms with Crippen LogP contribution in [0.3, 0.4) is 0 Å². The molecular weight excluding hydrogens is 358 g/mol. The fourth-order valence-electron chi connectivity index (χ4n) is 3.19. The van der Waals surface area contributed by atoms with Gasteiger partial charge in [-0.05, 0) is 28.5 Å². The van der Waals surface area contributed by atoms with Crippen LogP contribution in [-0.2, 0) is 16.7 Å². The summed E-state index contributed by atoms with van der Waals surface area (Å²) in [7, 11) is 4.49. The molecule has 2 aromatic rings. The van der Waals surface area contributed by atoms with E-state index >= 15 is 0 Å². The second-order valence-electron chi connectivity index (χ2n) is 10.2. The van der Waals surface area contributed by atoms with Gasteiger partial charge >= 0.3 is 0 Å². The predicted octanol–water partition coefficient (Wildman–Crippen LogP) is 5.68. The van der Waals surface area contributed by atoms with Crippen LogP contribution in [0.1, 0.15) is 45.7 Å². The Bertz CT molecular complexity index is 728. The highest BCUT2D eigenvalue weighted by Gasteiger charge is 2.34. The van der Waals surface area contributed by atoms with Gasteiger partial charge in [-0.25, -0.2) is 0 Å². The fourth-order valence-corrected chi connectivity index (χ4v) is 3.19. The Labute approximate surface area is 178 Å². The van der Waals surface area contributed by atoms with Crippen LogP contribution in [0.2, 0.25) is 0 Å². The third-order valence-electron chi connectivity index (χ3n) is 6.24. The molecule has 0 unspecified atom stereocenters. The molecule has 0 aliphatic heterocycles. The van der Waals surface area contributed by atoms with Crippen molar-refractivity contribution in [3.05, 3.63) is 65.7 Å². The summed E-state index contributed by atoms with van der Waals surface area (Å²) < 4.78 is 12.6. The van der Waals surface area contributed by atoms with Gasteiger partial charge in [-0.3, -0.25) is 0 Å². The molecule has 0 aromatic heterocycles. The van der Waals surface area contributed by atoms with Crippen molar-refractivity contribution in [3.8, 4) is 5.75 Å². The van der Waals surface area contributed by atoms with Crippen LogP contribution in [0.15, 0.2) is 54.6 Å². The molecule has 0 heterocycles. The van der Waals surface area contributed by atoms with Crippen LogP contribution in [0.4, 0.5) is 0 Å². The summed E-state index contributed by atoms with van der Waals surface area (Å²) >= 11 is 0. The van der Waals surface area contributed by atoms with Gasteiger partial charge in [-0.15, -0.1) is 0 Å². The molecule has 0 radical (unpaired) electrons. The van der Waals surface area contributed by atoms with Gasteiger partial charge < -0.3 is 14.0 Å². The average Bonchev–Trinajstić information content (AvgIpc) is 2.64. The summed E-state index contributed by atoms with van der Waals surface area (Å²) in [5.41, 5.74) is 3.01. The van der Waals surface area contributed by atoms with Crippen LogP contribution >= 0.6 is 0 Å².